The van der Waals surface area contributed by atoms with Gasteiger partial charge in [-0.2, -0.15) is 10.1 Å². The molecule has 3 aromatic rings. The molecular weight excluding hydrogens is 230 g/mol. The van der Waals surface area contributed by atoms with Gasteiger partial charge in [0.2, 0.25) is 5.95 Å². The molecule has 0 saturated carbocycles. The molecule has 0 amide bonds. The van der Waals surface area contributed by atoms with Gasteiger partial charge in [0.15, 0.2) is 17.5 Å². The first-order valence-corrected chi connectivity index (χ1v) is 5.39. The van der Waals surface area contributed by atoms with Crippen LogP contribution in [0.25, 0.3) is 23.0 Å². The monoisotopic (exact) mass is 241 g/mol. The molecule has 2 aromatic heterocycles. The fourth-order valence-corrected chi connectivity index (χ4v) is 1.67. The van der Waals surface area contributed by atoms with Crippen molar-refractivity contribution in [2.24, 2.45) is 7.05 Å². The maximum absolute atomic E-state index is 5.47. The Hall–Kier alpha value is -2.70. The van der Waals surface area contributed by atoms with Gasteiger partial charge in [-0.15, -0.1) is 5.10 Å². The maximum atomic E-state index is 5.47. The third-order valence-electron chi connectivity index (χ3n) is 2.51. The molecule has 3 rings (SSSR count). The van der Waals surface area contributed by atoms with Gasteiger partial charge < -0.3 is 5.73 Å². The molecule has 0 aliphatic rings. The first kappa shape index (κ1) is 10.5. The van der Waals surface area contributed by atoms with E-state index in [1.165, 1.54) is 0 Å². The lowest BCUT2D eigenvalue weighted by Crippen LogP contribution is -1.96. The Kier molecular flexibility index (Phi) is 2.30. The highest BCUT2D eigenvalue weighted by Crippen LogP contribution is 2.19. The molecule has 90 valence electrons. The Balaban J connectivity index is 2.06. The van der Waals surface area contributed by atoms with Crippen molar-refractivity contribution in [1.82, 2.24) is 29.9 Å². The molecule has 2 heterocycles. The SMILES string of the molecule is Cn1nc(-c2ccccc2)nc1-c1nc(N)n[nH]1. The zero-order chi connectivity index (χ0) is 12.5. The van der Waals surface area contributed by atoms with E-state index in [1.807, 2.05) is 30.3 Å². The summed E-state index contributed by atoms with van der Waals surface area (Å²) in [4.78, 5) is 8.46. The predicted molar refractivity (Wildman–Crippen MR) is 66.2 cm³/mol. The van der Waals surface area contributed by atoms with E-state index in [4.69, 9.17) is 5.73 Å². The number of hydrogen-bond acceptors (Lipinski definition) is 5. The summed E-state index contributed by atoms with van der Waals surface area (Å²) in [6, 6.07) is 9.74. The van der Waals surface area contributed by atoms with Gasteiger partial charge in [-0.05, 0) is 0 Å². The minimum Gasteiger partial charge on any atom is -0.366 e. The molecule has 0 spiro atoms. The summed E-state index contributed by atoms with van der Waals surface area (Å²) >= 11 is 0. The number of aryl methyl sites for hydroxylation is 1. The number of aromatic nitrogens is 6. The Labute approximate surface area is 103 Å². The van der Waals surface area contributed by atoms with Crippen LogP contribution in [-0.2, 0) is 7.05 Å². The molecule has 0 fully saturated rings. The van der Waals surface area contributed by atoms with Crippen molar-refractivity contribution < 1.29 is 0 Å². The van der Waals surface area contributed by atoms with Crippen LogP contribution in [0.4, 0.5) is 5.95 Å². The fourth-order valence-electron chi connectivity index (χ4n) is 1.67. The molecule has 7 heteroatoms. The van der Waals surface area contributed by atoms with E-state index in [0.717, 1.165) is 5.56 Å². The molecular formula is C11H11N7. The molecule has 0 unspecified atom stereocenters. The van der Waals surface area contributed by atoms with Gasteiger partial charge in [-0.25, -0.2) is 9.67 Å². The number of anilines is 1. The number of nitrogens with two attached hydrogens (primary N) is 1. The number of nitrogens with one attached hydrogen (secondary N) is 1. The molecule has 1 aromatic carbocycles. The van der Waals surface area contributed by atoms with E-state index < -0.39 is 0 Å². The topological polar surface area (TPSA) is 98.3 Å². The van der Waals surface area contributed by atoms with Crippen LogP contribution in [0.2, 0.25) is 0 Å². The number of H-pyrrole nitrogens is 1. The predicted octanol–water partition coefficient (Wildman–Crippen LogP) is 0.849. The van der Waals surface area contributed by atoms with E-state index in [9.17, 15) is 0 Å². The third kappa shape index (κ3) is 1.71. The Morgan fingerprint density at radius 3 is 2.61 bits per heavy atom. The lowest BCUT2D eigenvalue weighted by Gasteiger charge is -1.91. The van der Waals surface area contributed by atoms with Crippen molar-refractivity contribution in [3.05, 3.63) is 30.3 Å². The van der Waals surface area contributed by atoms with Gasteiger partial charge in [0.05, 0.1) is 0 Å². The van der Waals surface area contributed by atoms with Crippen molar-refractivity contribution in [3.8, 4) is 23.0 Å². The lowest BCUT2D eigenvalue weighted by atomic mass is 10.2. The van der Waals surface area contributed by atoms with Crippen LogP contribution in [0.3, 0.4) is 0 Å². The van der Waals surface area contributed by atoms with Crippen LogP contribution in [0, 0.1) is 0 Å². The normalized spacial score (nSPS) is 10.7. The summed E-state index contributed by atoms with van der Waals surface area (Å²) in [7, 11) is 1.80. The van der Waals surface area contributed by atoms with Crippen LogP contribution in [0.15, 0.2) is 30.3 Å². The van der Waals surface area contributed by atoms with E-state index in [2.05, 4.69) is 25.3 Å². The molecule has 0 bridgehead atoms. The molecule has 0 radical (unpaired) electrons. The minimum absolute atomic E-state index is 0.189. The summed E-state index contributed by atoms with van der Waals surface area (Å²) in [6.45, 7) is 0. The summed E-state index contributed by atoms with van der Waals surface area (Å²) in [5.41, 5.74) is 6.42. The average Bonchev–Trinajstić information content (AvgIpc) is 2.97. The van der Waals surface area contributed by atoms with E-state index >= 15 is 0 Å². The molecule has 18 heavy (non-hydrogen) atoms. The van der Waals surface area contributed by atoms with Crippen molar-refractivity contribution in [3.63, 3.8) is 0 Å². The zero-order valence-electron chi connectivity index (χ0n) is 9.70. The number of rotatable bonds is 2. The summed E-state index contributed by atoms with van der Waals surface area (Å²) in [5.74, 6) is 1.93. The van der Waals surface area contributed by atoms with Crippen LogP contribution in [-0.4, -0.2) is 29.9 Å². The fraction of sp³-hybridized carbons (Fsp3) is 0.0909. The van der Waals surface area contributed by atoms with Crippen molar-refractivity contribution in [2.45, 2.75) is 0 Å². The van der Waals surface area contributed by atoms with E-state index in [-0.39, 0.29) is 5.95 Å². The average molecular weight is 241 g/mol. The number of nitrogens with zero attached hydrogens (tertiary/aromatic N) is 5. The van der Waals surface area contributed by atoms with Crippen LogP contribution >= 0.6 is 0 Å². The number of aromatic amines is 1. The Morgan fingerprint density at radius 2 is 1.94 bits per heavy atom. The first-order valence-electron chi connectivity index (χ1n) is 5.39. The highest BCUT2D eigenvalue weighted by molar-refractivity contribution is 5.58. The molecule has 0 aliphatic heterocycles. The second kappa shape index (κ2) is 3.95. The molecule has 7 nitrogen and oxygen atoms in total. The van der Waals surface area contributed by atoms with Gasteiger partial charge in [-0.1, -0.05) is 30.3 Å². The van der Waals surface area contributed by atoms with Gasteiger partial charge in [0.25, 0.3) is 0 Å². The quantitative estimate of drug-likeness (QED) is 0.693. The molecule has 0 atom stereocenters. The van der Waals surface area contributed by atoms with E-state index in [1.54, 1.807) is 11.7 Å². The second-order valence-electron chi connectivity index (χ2n) is 3.79. The zero-order valence-corrected chi connectivity index (χ0v) is 9.70. The van der Waals surface area contributed by atoms with Crippen molar-refractivity contribution in [1.29, 1.82) is 0 Å². The minimum atomic E-state index is 0.189. The highest BCUT2D eigenvalue weighted by atomic mass is 15.4. The summed E-state index contributed by atoms with van der Waals surface area (Å²) in [6.07, 6.45) is 0. The largest absolute Gasteiger partial charge is 0.366 e. The Morgan fingerprint density at radius 1 is 1.17 bits per heavy atom. The Bertz CT molecular complexity index is 668. The maximum Gasteiger partial charge on any atom is 0.239 e. The van der Waals surface area contributed by atoms with Crippen LogP contribution in [0.5, 0.6) is 0 Å². The van der Waals surface area contributed by atoms with Gasteiger partial charge in [-0.3, -0.25) is 5.10 Å². The summed E-state index contributed by atoms with van der Waals surface area (Å²) < 4.78 is 1.64. The third-order valence-corrected chi connectivity index (χ3v) is 2.51. The van der Waals surface area contributed by atoms with Crippen LogP contribution in [0.1, 0.15) is 0 Å². The smallest absolute Gasteiger partial charge is 0.239 e. The first-order chi connectivity index (χ1) is 8.74. The number of benzene rings is 1. The number of nitrogen functional groups attached to an aromatic ring is 1. The second-order valence-corrected chi connectivity index (χ2v) is 3.79. The summed E-state index contributed by atoms with van der Waals surface area (Å²) in [5, 5.41) is 10.8. The molecule has 0 saturated heterocycles. The van der Waals surface area contributed by atoms with Gasteiger partial charge in [0.1, 0.15) is 0 Å². The van der Waals surface area contributed by atoms with Crippen molar-refractivity contribution >= 4 is 5.95 Å². The van der Waals surface area contributed by atoms with Crippen molar-refractivity contribution in [2.75, 3.05) is 5.73 Å². The van der Waals surface area contributed by atoms with Gasteiger partial charge >= 0.3 is 0 Å². The van der Waals surface area contributed by atoms with Gasteiger partial charge in [0, 0.05) is 12.6 Å². The van der Waals surface area contributed by atoms with E-state index in [0.29, 0.717) is 17.5 Å². The molecule has 0 aliphatic carbocycles. The number of hydrogen-bond donors (Lipinski definition) is 2. The molecule has 3 N–H and O–H groups in total. The lowest BCUT2D eigenvalue weighted by molar-refractivity contribution is 0.771. The van der Waals surface area contributed by atoms with Crippen LogP contribution < -0.4 is 5.73 Å². The highest BCUT2D eigenvalue weighted by Gasteiger charge is 2.13. The standard InChI is InChI=1S/C11H11N7/c1-18-10(9-14-11(12)16-15-9)13-8(17-18)7-5-3-2-4-6-7/h2-6H,1H3,(H3,12,14,15,16).